The molecule has 1 aromatic carbocycles. The molecule has 0 aliphatic carbocycles. The predicted octanol–water partition coefficient (Wildman–Crippen LogP) is 4.93. The van der Waals surface area contributed by atoms with Crippen LogP contribution in [-0.2, 0) is 15.5 Å². The molecule has 2 atom stereocenters. The van der Waals surface area contributed by atoms with Crippen molar-refractivity contribution < 1.29 is 8.95 Å². The second-order valence-electron chi connectivity index (χ2n) is 6.09. The Bertz CT molecular complexity index is 481. The highest BCUT2D eigenvalue weighted by atomic mass is 32.2. The van der Waals surface area contributed by atoms with Gasteiger partial charge in [-0.25, -0.2) is 0 Å². The van der Waals surface area contributed by atoms with Crippen LogP contribution in [0.1, 0.15) is 57.4 Å². The lowest BCUT2D eigenvalue weighted by molar-refractivity contribution is 0.242. The summed E-state index contributed by atoms with van der Waals surface area (Å²) >= 11 is 0. The van der Waals surface area contributed by atoms with E-state index < -0.39 is 10.8 Å². The molecule has 1 aromatic rings. The van der Waals surface area contributed by atoms with Crippen molar-refractivity contribution >= 4 is 16.4 Å². The van der Waals surface area contributed by atoms with Gasteiger partial charge < -0.3 is 4.74 Å². The summed E-state index contributed by atoms with van der Waals surface area (Å²) in [6.07, 6.45) is 9.95. The van der Waals surface area contributed by atoms with E-state index in [1.165, 1.54) is 24.8 Å². The molecule has 122 valence electrons. The maximum atomic E-state index is 12.2. The van der Waals surface area contributed by atoms with Crippen molar-refractivity contribution in [2.45, 2.75) is 57.1 Å². The van der Waals surface area contributed by atoms with Gasteiger partial charge in [-0.3, -0.25) is 4.21 Å². The Kier molecular flexibility index (Phi) is 7.72. The third-order valence-corrected chi connectivity index (χ3v) is 6.18. The third-order valence-electron chi connectivity index (χ3n) is 4.27. The summed E-state index contributed by atoms with van der Waals surface area (Å²) in [6, 6.07) is 10.3. The first-order valence-corrected chi connectivity index (χ1v) is 9.86. The summed E-state index contributed by atoms with van der Waals surface area (Å²) in [4.78, 5) is 0. The Morgan fingerprint density at radius 3 is 2.82 bits per heavy atom. The number of benzene rings is 1. The van der Waals surface area contributed by atoms with Crippen LogP contribution in [0.15, 0.2) is 36.6 Å². The topological polar surface area (TPSA) is 26.3 Å². The highest BCUT2D eigenvalue weighted by Gasteiger charge is 2.17. The summed E-state index contributed by atoms with van der Waals surface area (Å²) < 4.78 is 17.9. The minimum absolute atomic E-state index is 0.392. The fourth-order valence-electron chi connectivity index (χ4n) is 2.89. The van der Waals surface area contributed by atoms with Gasteiger partial charge in [0.05, 0.1) is 12.9 Å². The number of hydrogen-bond acceptors (Lipinski definition) is 2. The average Bonchev–Trinajstić information content (AvgIpc) is 2.54. The van der Waals surface area contributed by atoms with E-state index in [2.05, 4.69) is 19.1 Å². The lowest BCUT2D eigenvalue weighted by Crippen LogP contribution is -2.20. The third kappa shape index (κ3) is 5.96. The van der Waals surface area contributed by atoms with Crippen LogP contribution in [0.2, 0.25) is 0 Å². The molecule has 1 aliphatic heterocycles. The Hall–Kier alpha value is -1.09. The van der Waals surface area contributed by atoms with Gasteiger partial charge in [0.1, 0.15) is 0 Å². The zero-order valence-corrected chi connectivity index (χ0v) is 14.4. The summed E-state index contributed by atoms with van der Waals surface area (Å²) in [5.41, 5.74) is 2.35. The Labute approximate surface area is 137 Å². The monoisotopic (exact) mass is 320 g/mol. The van der Waals surface area contributed by atoms with Gasteiger partial charge in [0.2, 0.25) is 0 Å². The van der Waals surface area contributed by atoms with Crippen molar-refractivity contribution in [2.24, 2.45) is 0 Å². The maximum absolute atomic E-state index is 12.2. The van der Waals surface area contributed by atoms with E-state index in [4.69, 9.17) is 4.74 Å². The zero-order valence-electron chi connectivity index (χ0n) is 13.6. The fourth-order valence-corrected chi connectivity index (χ4v) is 4.57. The van der Waals surface area contributed by atoms with Crippen molar-refractivity contribution in [3.63, 3.8) is 0 Å². The summed E-state index contributed by atoms with van der Waals surface area (Å²) in [5, 5.41) is 0.392. The lowest BCUT2D eigenvalue weighted by Gasteiger charge is -2.19. The molecule has 1 saturated heterocycles. The van der Waals surface area contributed by atoms with Crippen molar-refractivity contribution in [2.75, 3.05) is 12.4 Å². The molecule has 1 fully saturated rings. The minimum Gasteiger partial charge on any atom is -0.501 e. The van der Waals surface area contributed by atoms with E-state index in [1.54, 1.807) is 0 Å². The zero-order chi connectivity index (χ0) is 15.6. The Morgan fingerprint density at radius 2 is 2.00 bits per heavy atom. The van der Waals surface area contributed by atoms with Gasteiger partial charge in [-0.2, -0.15) is 0 Å². The molecule has 1 aliphatic rings. The second kappa shape index (κ2) is 9.83. The number of hydrogen-bond donors (Lipinski definition) is 0. The van der Waals surface area contributed by atoms with Crippen LogP contribution < -0.4 is 0 Å². The number of rotatable bonds is 6. The van der Waals surface area contributed by atoms with Crippen LogP contribution in [0.5, 0.6) is 0 Å². The quantitative estimate of drug-likeness (QED) is 0.549. The van der Waals surface area contributed by atoms with Crippen molar-refractivity contribution in [1.29, 1.82) is 0 Å². The van der Waals surface area contributed by atoms with Gasteiger partial charge in [0.15, 0.2) is 0 Å². The molecule has 0 saturated carbocycles. The Balaban J connectivity index is 1.69. The SMILES string of the molecule is C/C(=C/OCCCC1CCCCCCS1=O)c1ccccc1. The minimum atomic E-state index is -0.621. The van der Waals surface area contributed by atoms with Gasteiger partial charge in [0.25, 0.3) is 0 Å². The molecular weight excluding hydrogens is 292 g/mol. The van der Waals surface area contributed by atoms with Crippen LogP contribution in [0, 0.1) is 0 Å². The van der Waals surface area contributed by atoms with Gasteiger partial charge in [-0.15, -0.1) is 0 Å². The van der Waals surface area contributed by atoms with E-state index >= 15 is 0 Å². The predicted molar refractivity (Wildman–Crippen MR) is 95.2 cm³/mol. The van der Waals surface area contributed by atoms with E-state index in [9.17, 15) is 4.21 Å². The van der Waals surface area contributed by atoms with Gasteiger partial charge in [-0.1, -0.05) is 49.6 Å². The fraction of sp³-hybridized carbons (Fsp3) is 0.579. The van der Waals surface area contributed by atoms with Crippen molar-refractivity contribution in [1.82, 2.24) is 0 Å². The van der Waals surface area contributed by atoms with Gasteiger partial charge in [-0.05, 0) is 43.7 Å². The highest BCUT2D eigenvalue weighted by Crippen LogP contribution is 2.20. The van der Waals surface area contributed by atoms with Gasteiger partial charge >= 0.3 is 0 Å². The molecule has 0 bridgehead atoms. The van der Waals surface area contributed by atoms with Crippen molar-refractivity contribution in [3.05, 3.63) is 42.2 Å². The smallest absolute Gasteiger partial charge is 0.0873 e. The molecule has 0 N–H and O–H groups in total. The largest absolute Gasteiger partial charge is 0.501 e. The van der Waals surface area contributed by atoms with Crippen LogP contribution in [0.4, 0.5) is 0 Å². The molecule has 2 unspecified atom stereocenters. The van der Waals surface area contributed by atoms with Gasteiger partial charge in [0, 0.05) is 21.8 Å². The molecule has 0 spiro atoms. The van der Waals surface area contributed by atoms with E-state index in [1.807, 2.05) is 24.5 Å². The van der Waals surface area contributed by atoms with E-state index in [0.717, 1.165) is 43.6 Å². The van der Waals surface area contributed by atoms with Crippen LogP contribution in [0.3, 0.4) is 0 Å². The second-order valence-corrected chi connectivity index (χ2v) is 7.93. The van der Waals surface area contributed by atoms with Crippen LogP contribution in [-0.4, -0.2) is 21.8 Å². The molecule has 0 aromatic heterocycles. The molecule has 1 heterocycles. The standard InChI is InChI=1S/C19H28O2S/c1-17(18-10-5-4-6-11-18)16-21-14-9-13-19-12-7-2-3-8-15-22(19)20/h4-6,10-11,16,19H,2-3,7-9,12-15H2,1H3/b17-16-. The van der Waals surface area contributed by atoms with E-state index in [-0.39, 0.29) is 0 Å². The number of ether oxygens (including phenoxy) is 1. The molecule has 22 heavy (non-hydrogen) atoms. The van der Waals surface area contributed by atoms with E-state index in [0.29, 0.717) is 5.25 Å². The molecule has 3 heteroatoms. The summed E-state index contributed by atoms with van der Waals surface area (Å²) in [7, 11) is -0.621. The van der Waals surface area contributed by atoms with Crippen LogP contribution >= 0.6 is 0 Å². The highest BCUT2D eigenvalue weighted by molar-refractivity contribution is 7.85. The Morgan fingerprint density at radius 1 is 1.23 bits per heavy atom. The normalized spacial score (nSPS) is 23.6. The van der Waals surface area contributed by atoms with Crippen LogP contribution in [0.25, 0.3) is 5.57 Å². The lowest BCUT2D eigenvalue weighted by atomic mass is 10.1. The maximum Gasteiger partial charge on any atom is 0.0873 e. The first-order valence-electron chi connectivity index (χ1n) is 8.48. The first kappa shape index (κ1) is 17.3. The summed E-state index contributed by atoms with van der Waals surface area (Å²) in [6.45, 7) is 2.79. The van der Waals surface area contributed by atoms with Crippen molar-refractivity contribution in [3.8, 4) is 0 Å². The molecule has 2 nitrogen and oxygen atoms in total. The average molecular weight is 320 g/mol. The number of allylic oxidation sites excluding steroid dienone is 1. The molecular formula is C19H28O2S. The molecule has 0 amide bonds. The first-order chi connectivity index (χ1) is 10.8. The molecule has 2 rings (SSSR count). The summed E-state index contributed by atoms with van der Waals surface area (Å²) in [5.74, 6) is 0.901. The molecule has 0 radical (unpaired) electrons.